The third kappa shape index (κ3) is 3.11. The Hall–Kier alpha value is -0.750. The summed E-state index contributed by atoms with van der Waals surface area (Å²) >= 11 is 3.53. The van der Waals surface area contributed by atoms with Gasteiger partial charge in [0.25, 0.3) is 0 Å². The molecule has 0 aliphatic carbocycles. The zero-order valence-corrected chi connectivity index (χ0v) is 13.3. The monoisotopic (exact) mass is 308 g/mol. The number of aliphatic hydroxyl groups excluding tert-OH is 1. The molecule has 3 heterocycles. The van der Waals surface area contributed by atoms with Gasteiger partial charge < -0.3 is 5.11 Å². The average Bonchev–Trinajstić information content (AvgIpc) is 3.12. The highest BCUT2D eigenvalue weighted by Gasteiger charge is 2.25. The third-order valence-corrected chi connectivity index (χ3v) is 6.03. The highest BCUT2D eigenvalue weighted by molar-refractivity contribution is 7.20. The fraction of sp³-hybridized carbons (Fsp3) is 0.533. The Morgan fingerprint density at radius 3 is 3.10 bits per heavy atom. The Morgan fingerprint density at radius 2 is 2.35 bits per heavy atom. The quantitative estimate of drug-likeness (QED) is 0.939. The van der Waals surface area contributed by atoms with E-state index in [0.717, 1.165) is 24.5 Å². The summed E-state index contributed by atoms with van der Waals surface area (Å²) in [5, 5.41) is 12.6. The molecule has 0 bridgehead atoms. The van der Waals surface area contributed by atoms with E-state index in [-0.39, 0.29) is 0 Å². The molecule has 0 spiro atoms. The normalized spacial score (nSPS) is 24.1. The Kier molecular flexibility index (Phi) is 4.51. The van der Waals surface area contributed by atoms with Crippen LogP contribution in [0.15, 0.2) is 23.7 Å². The van der Waals surface area contributed by atoms with Crippen molar-refractivity contribution in [2.24, 2.45) is 5.92 Å². The molecule has 1 fully saturated rings. The van der Waals surface area contributed by atoms with E-state index in [4.69, 9.17) is 0 Å². The number of rotatable bonds is 4. The van der Waals surface area contributed by atoms with E-state index >= 15 is 0 Å². The molecule has 2 aromatic heterocycles. The molecule has 0 amide bonds. The number of aromatic nitrogens is 1. The van der Waals surface area contributed by atoms with Crippen LogP contribution < -0.4 is 0 Å². The molecule has 0 saturated carbocycles. The van der Waals surface area contributed by atoms with Gasteiger partial charge >= 0.3 is 0 Å². The van der Waals surface area contributed by atoms with E-state index in [9.17, 15) is 5.11 Å². The van der Waals surface area contributed by atoms with Crippen molar-refractivity contribution >= 4 is 22.7 Å². The third-order valence-electron chi connectivity index (χ3n) is 4.01. The van der Waals surface area contributed by atoms with Crippen LogP contribution in [0.3, 0.4) is 0 Å². The van der Waals surface area contributed by atoms with Crippen LogP contribution in [-0.4, -0.2) is 34.2 Å². The molecule has 2 aromatic rings. The highest BCUT2D eigenvalue weighted by Crippen LogP contribution is 2.31. The van der Waals surface area contributed by atoms with Gasteiger partial charge in [0.15, 0.2) is 0 Å². The van der Waals surface area contributed by atoms with Crippen LogP contribution in [0.25, 0.3) is 9.88 Å². The number of thiazole rings is 1. The van der Waals surface area contributed by atoms with E-state index in [1.807, 2.05) is 6.20 Å². The predicted molar refractivity (Wildman–Crippen MR) is 85.1 cm³/mol. The van der Waals surface area contributed by atoms with Gasteiger partial charge in [0, 0.05) is 36.8 Å². The van der Waals surface area contributed by atoms with Crippen LogP contribution in [0, 0.1) is 5.92 Å². The van der Waals surface area contributed by atoms with Gasteiger partial charge in [-0.2, -0.15) is 0 Å². The van der Waals surface area contributed by atoms with E-state index in [1.54, 1.807) is 22.7 Å². The molecule has 3 rings (SSSR count). The van der Waals surface area contributed by atoms with Gasteiger partial charge in [0.2, 0.25) is 0 Å². The van der Waals surface area contributed by atoms with Crippen LogP contribution >= 0.6 is 22.7 Å². The molecular formula is C15H20N2OS2. The first-order valence-electron chi connectivity index (χ1n) is 7.09. The lowest BCUT2D eigenvalue weighted by Crippen LogP contribution is -2.42. The lowest BCUT2D eigenvalue weighted by molar-refractivity contribution is 0.0779. The van der Waals surface area contributed by atoms with Crippen molar-refractivity contribution in [3.8, 4) is 9.88 Å². The second kappa shape index (κ2) is 6.35. The van der Waals surface area contributed by atoms with E-state index in [0.29, 0.717) is 18.6 Å². The van der Waals surface area contributed by atoms with Crippen molar-refractivity contribution in [3.05, 3.63) is 28.6 Å². The van der Waals surface area contributed by atoms with E-state index in [1.165, 1.54) is 16.2 Å². The van der Waals surface area contributed by atoms with Crippen LogP contribution in [-0.2, 0) is 6.54 Å². The van der Waals surface area contributed by atoms with Gasteiger partial charge in [-0.1, -0.05) is 6.07 Å². The minimum atomic E-state index is 0.312. The summed E-state index contributed by atoms with van der Waals surface area (Å²) in [6.07, 6.45) is 4.34. The molecule has 20 heavy (non-hydrogen) atoms. The minimum Gasteiger partial charge on any atom is -0.396 e. The van der Waals surface area contributed by atoms with Gasteiger partial charge in [-0.05, 0) is 37.1 Å². The SMILES string of the molecule is CC1CCC(CO)CN1Cc1cnc(-c2cccs2)s1. The van der Waals surface area contributed by atoms with Crippen molar-refractivity contribution in [2.45, 2.75) is 32.4 Å². The summed E-state index contributed by atoms with van der Waals surface area (Å²) in [5.41, 5.74) is 0. The first-order valence-corrected chi connectivity index (χ1v) is 8.79. The van der Waals surface area contributed by atoms with Gasteiger partial charge in [-0.25, -0.2) is 4.98 Å². The smallest absolute Gasteiger partial charge is 0.133 e. The number of piperidine rings is 1. The highest BCUT2D eigenvalue weighted by atomic mass is 32.1. The van der Waals surface area contributed by atoms with Crippen LogP contribution in [0.4, 0.5) is 0 Å². The van der Waals surface area contributed by atoms with Gasteiger partial charge in [0.1, 0.15) is 5.01 Å². The largest absolute Gasteiger partial charge is 0.396 e. The first-order chi connectivity index (χ1) is 9.76. The van der Waals surface area contributed by atoms with Gasteiger partial charge in [0.05, 0.1) is 4.88 Å². The number of likely N-dealkylation sites (tertiary alicyclic amines) is 1. The standard InChI is InChI=1S/C15H20N2OS2/c1-11-4-5-12(10-18)8-17(11)9-13-7-16-15(20-13)14-3-2-6-19-14/h2-3,6-7,11-12,18H,4-5,8-10H2,1H3. The summed E-state index contributed by atoms with van der Waals surface area (Å²) in [6.45, 7) is 4.56. The molecule has 1 aliphatic rings. The molecule has 108 valence electrons. The Morgan fingerprint density at radius 1 is 1.45 bits per heavy atom. The van der Waals surface area contributed by atoms with Crippen molar-refractivity contribution in [2.75, 3.05) is 13.2 Å². The zero-order valence-electron chi connectivity index (χ0n) is 11.7. The van der Waals surface area contributed by atoms with Gasteiger partial charge in [-0.3, -0.25) is 4.90 Å². The van der Waals surface area contributed by atoms with Crippen molar-refractivity contribution in [1.82, 2.24) is 9.88 Å². The number of aliphatic hydroxyl groups is 1. The fourth-order valence-corrected chi connectivity index (χ4v) is 4.47. The molecule has 0 radical (unpaired) electrons. The van der Waals surface area contributed by atoms with Gasteiger partial charge in [-0.15, -0.1) is 22.7 Å². The molecule has 2 atom stereocenters. The fourth-order valence-electron chi connectivity index (χ4n) is 2.73. The Labute approximate surface area is 127 Å². The van der Waals surface area contributed by atoms with Crippen LogP contribution in [0.2, 0.25) is 0 Å². The maximum absolute atomic E-state index is 9.36. The molecule has 3 nitrogen and oxygen atoms in total. The van der Waals surface area contributed by atoms with Crippen molar-refractivity contribution < 1.29 is 5.11 Å². The van der Waals surface area contributed by atoms with Crippen molar-refractivity contribution in [3.63, 3.8) is 0 Å². The molecule has 2 unspecified atom stereocenters. The van der Waals surface area contributed by atoms with E-state index < -0.39 is 0 Å². The summed E-state index contributed by atoms with van der Waals surface area (Å²) in [7, 11) is 0. The summed E-state index contributed by atoms with van der Waals surface area (Å²) in [5.74, 6) is 0.441. The van der Waals surface area contributed by atoms with Crippen LogP contribution in [0.5, 0.6) is 0 Å². The molecule has 5 heteroatoms. The number of hydrogen-bond donors (Lipinski definition) is 1. The molecule has 1 saturated heterocycles. The molecular weight excluding hydrogens is 288 g/mol. The topological polar surface area (TPSA) is 36.4 Å². The Balaban J connectivity index is 1.68. The number of thiophene rings is 1. The maximum Gasteiger partial charge on any atom is 0.133 e. The molecule has 1 N–H and O–H groups in total. The number of hydrogen-bond acceptors (Lipinski definition) is 5. The molecule has 1 aliphatic heterocycles. The maximum atomic E-state index is 9.36. The number of nitrogens with zero attached hydrogens (tertiary/aromatic N) is 2. The first kappa shape index (κ1) is 14.2. The molecule has 0 aromatic carbocycles. The summed E-state index contributed by atoms with van der Waals surface area (Å²) in [4.78, 5) is 9.59. The second-order valence-electron chi connectivity index (χ2n) is 5.51. The summed E-state index contributed by atoms with van der Waals surface area (Å²) in [6, 6.07) is 4.79. The lowest BCUT2D eigenvalue weighted by Gasteiger charge is -2.37. The second-order valence-corrected chi connectivity index (χ2v) is 7.58. The summed E-state index contributed by atoms with van der Waals surface area (Å²) < 4.78 is 0. The van der Waals surface area contributed by atoms with E-state index in [2.05, 4.69) is 34.3 Å². The lowest BCUT2D eigenvalue weighted by atomic mass is 9.94. The minimum absolute atomic E-state index is 0.312. The zero-order chi connectivity index (χ0) is 13.9. The predicted octanol–water partition coefficient (Wildman–Crippen LogP) is 3.46. The van der Waals surface area contributed by atoms with Crippen molar-refractivity contribution in [1.29, 1.82) is 0 Å². The Bertz CT molecular complexity index is 538. The van der Waals surface area contributed by atoms with Crippen LogP contribution in [0.1, 0.15) is 24.6 Å². The average molecular weight is 308 g/mol.